The molecule has 6 heteroatoms. The van der Waals surface area contributed by atoms with Crippen LogP contribution in [0, 0.1) is 12.8 Å². The highest BCUT2D eigenvalue weighted by atomic mass is 16.5. The smallest absolute Gasteiger partial charge is 0.276 e. The van der Waals surface area contributed by atoms with Crippen LogP contribution < -0.4 is 0 Å². The van der Waals surface area contributed by atoms with Gasteiger partial charge in [-0.3, -0.25) is 9.78 Å². The number of benzene rings is 1. The summed E-state index contributed by atoms with van der Waals surface area (Å²) in [5.74, 6) is 0.705. The van der Waals surface area contributed by atoms with Gasteiger partial charge in [0.2, 0.25) is 0 Å². The van der Waals surface area contributed by atoms with Crippen molar-refractivity contribution < 1.29 is 13.9 Å². The second-order valence-electron chi connectivity index (χ2n) is 6.68. The van der Waals surface area contributed by atoms with Crippen LogP contribution in [-0.2, 0) is 11.2 Å². The van der Waals surface area contributed by atoms with Crippen LogP contribution in [0.5, 0.6) is 0 Å². The molecule has 0 radical (unpaired) electrons. The zero-order valence-corrected chi connectivity index (χ0v) is 14.7. The van der Waals surface area contributed by atoms with Gasteiger partial charge in [-0.05, 0) is 37.1 Å². The number of nitrogens with zero attached hydrogens (tertiary/aromatic N) is 3. The van der Waals surface area contributed by atoms with Gasteiger partial charge in [-0.25, -0.2) is 4.98 Å². The Morgan fingerprint density at radius 1 is 1.31 bits per heavy atom. The molecule has 4 rings (SSSR count). The molecule has 1 atom stereocenters. The highest BCUT2D eigenvalue weighted by Gasteiger charge is 2.26. The van der Waals surface area contributed by atoms with Crippen molar-refractivity contribution in [2.75, 3.05) is 26.3 Å². The number of carbonyl (C=O) groups excluding carboxylic acids is 1. The summed E-state index contributed by atoms with van der Waals surface area (Å²) in [5.41, 5.74) is 2.61. The van der Waals surface area contributed by atoms with Gasteiger partial charge < -0.3 is 14.1 Å². The zero-order chi connectivity index (χ0) is 17.9. The number of amides is 1. The molecular weight excluding hydrogens is 330 g/mol. The Morgan fingerprint density at radius 2 is 2.23 bits per heavy atom. The Morgan fingerprint density at radius 3 is 3.08 bits per heavy atom. The monoisotopic (exact) mass is 351 g/mol. The molecule has 1 fully saturated rings. The predicted octanol–water partition coefficient (Wildman–Crippen LogP) is 2.86. The molecule has 3 heterocycles. The molecule has 0 aliphatic carbocycles. The lowest BCUT2D eigenvalue weighted by molar-refractivity contribution is 0.0730. The standard InChI is InChI=1S/C20H21N3O3/c1-14-19(22-13-26-14)20(24)23-7-8-25-12-16(11-23)9-15-4-5-18-17(10-15)3-2-6-21-18/h2-6,10,13,16H,7-9,11-12H2,1H3/t16-/m0/s1. The minimum atomic E-state index is -0.0885. The highest BCUT2D eigenvalue weighted by Crippen LogP contribution is 2.20. The van der Waals surface area contributed by atoms with Gasteiger partial charge in [0.15, 0.2) is 12.1 Å². The van der Waals surface area contributed by atoms with Gasteiger partial charge >= 0.3 is 0 Å². The molecule has 1 amide bonds. The summed E-state index contributed by atoms with van der Waals surface area (Å²) in [6, 6.07) is 10.3. The summed E-state index contributed by atoms with van der Waals surface area (Å²) >= 11 is 0. The molecule has 1 aliphatic heterocycles. The van der Waals surface area contributed by atoms with Crippen LogP contribution in [0.25, 0.3) is 10.9 Å². The van der Waals surface area contributed by atoms with Gasteiger partial charge in [-0.1, -0.05) is 12.1 Å². The van der Waals surface area contributed by atoms with Gasteiger partial charge in [0, 0.05) is 30.6 Å². The van der Waals surface area contributed by atoms with Crippen molar-refractivity contribution in [3.63, 3.8) is 0 Å². The van der Waals surface area contributed by atoms with Crippen molar-refractivity contribution in [2.45, 2.75) is 13.3 Å². The average Bonchev–Trinajstić information content (AvgIpc) is 2.95. The maximum atomic E-state index is 12.7. The van der Waals surface area contributed by atoms with Gasteiger partial charge in [0.25, 0.3) is 5.91 Å². The number of fused-ring (bicyclic) bond motifs is 1. The summed E-state index contributed by atoms with van der Waals surface area (Å²) in [6.45, 7) is 4.17. The summed E-state index contributed by atoms with van der Waals surface area (Å²) in [5, 5.41) is 1.13. The van der Waals surface area contributed by atoms with Crippen LogP contribution in [0.1, 0.15) is 21.8 Å². The van der Waals surface area contributed by atoms with E-state index in [9.17, 15) is 4.79 Å². The summed E-state index contributed by atoms with van der Waals surface area (Å²) in [4.78, 5) is 23.0. The molecule has 1 aromatic carbocycles. The van der Waals surface area contributed by atoms with E-state index in [1.54, 1.807) is 13.1 Å². The van der Waals surface area contributed by atoms with Gasteiger partial charge in [-0.2, -0.15) is 0 Å². The molecule has 0 bridgehead atoms. The van der Waals surface area contributed by atoms with Crippen molar-refractivity contribution in [2.24, 2.45) is 5.92 Å². The van der Waals surface area contributed by atoms with Crippen LogP contribution in [0.3, 0.4) is 0 Å². The number of oxazole rings is 1. The van der Waals surface area contributed by atoms with Crippen LogP contribution in [0.15, 0.2) is 47.3 Å². The largest absolute Gasteiger partial charge is 0.448 e. The Bertz CT molecular complexity index is 921. The average molecular weight is 351 g/mol. The first kappa shape index (κ1) is 16.7. The number of carbonyl (C=O) groups is 1. The van der Waals surface area contributed by atoms with Crippen molar-refractivity contribution >= 4 is 16.8 Å². The SMILES string of the molecule is Cc1ocnc1C(=O)N1CCOC[C@@H](Cc2ccc3ncccc3c2)C1. The minimum Gasteiger partial charge on any atom is -0.448 e. The fourth-order valence-electron chi connectivity index (χ4n) is 3.43. The molecule has 26 heavy (non-hydrogen) atoms. The van der Waals surface area contributed by atoms with Gasteiger partial charge in [-0.15, -0.1) is 0 Å². The Labute approximate surface area is 151 Å². The Hall–Kier alpha value is -2.73. The number of aryl methyl sites for hydroxylation is 1. The molecule has 2 aromatic heterocycles. The first-order valence-electron chi connectivity index (χ1n) is 8.81. The molecule has 0 spiro atoms. The fraction of sp³-hybridized carbons (Fsp3) is 0.350. The molecule has 1 saturated heterocycles. The lowest BCUT2D eigenvalue weighted by atomic mass is 9.98. The lowest BCUT2D eigenvalue weighted by Crippen LogP contribution is -2.36. The van der Waals surface area contributed by atoms with Crippen LogP contribution in [0.2, 0.25) is 0 Å². The topological polar surface area (TPSA) is 68.5 Å². The summed E-state index contributed by atoms with van der Waals surface area (Å²) in [7, 11) is 0. The normalized spacial score (nSPS) is 18.0. The zero-order valence-electron chi connectivity index (χ0n) is 14.7. The highest BCUT2D eigenvalue weighted by molar-refractivity contribution is 5.93. The maximum Gasteiger partial charge on any atom is 0.276 e. The van der Waals surface area contributed by atoms with Crippen molar-refractivity contribution in [1.82, 2.24) is 14.9 Å². The Kier molecular flexibility index (Phi) is 4.67. The predicted molar refractivity (Wildman–Crippen MR) is 96.9 cm³/mol. The minimum absolute atomic E-state index is 0.0885. The van der Waals surface area contributed by atoms with Crippen molar-refractivity contribution in [3.05, 3.63) is 59.9 Å². The molecule has 1 aliphatic rings. The summed E-state index contributed by atoms with van der Waals surface area (Å²) < 4.78 is 10.9. The Balaban J connectivity index is 1.50. The van der Waals surface area contributed by atoms with E-state index < -0.39 is 0 Å². The number of aromatic nitrogens is 2. The van der Waals surface area contributed by atoms with Crippen LogP contribution in [0.4, 0.5) is 0 Å². The third-order valence-corrected chi connectivity index (χ3v) is 4.76. The van der Waals surface area contributed by atoms with Crippen LogP contribution >= 0.6 is 0 Å². The van der Waals surface area contributed by atoms with Gasteiger partial charge in [0.05, 0.1) is 18.7 Å². The van der Waals surface area contributed by atoms with E-state index >= 15 is 0 Å². The maximum absolute atomic E-state index is 12.7. The van der Waals surface area contributed by atoms with E-state index in [-0.39, 0.29) is 11.8 Å². The molecular formula is C20H21N3O3. The number of hydrogen-bond acceptors (Lipinski definition) is 5. The number of hydrogen-bond donors (Lipinski definition) is 0. The number of ether oxygens (including phenoxy) is 1. The quantitative estimate of drug-likeness (QED) is 0.726. The number of pyridine rings is 1. The molecule has 134 valence electrons. The van der Waals surface area contributed by atoms with E-state index in [2.05, 4.69) is 28.2 Å². The van der Waals surface area contributed by atoms with E-state index in [1.165, 1.54) is 12.0 Å². The molecule has 6 nitrogen and oxygen atoms in total. The van der Waals surface area contributed by atoms with Gasteiger partial charge in [0.1, 0.15) is 5.76 Å². The molecule has 0 saturated carbocycles. The van der Waals surface area contributed by atoms with E-state index in [0.29, 0.717) is 37.8 Å². The third-order valence-electron chi connectivity index (χ3n) is 4.76. The lowest BCUT2D eigenvalue weighted by Gasteiger charge is -2.23. The number of rotatable bonds is 3. The van der Waals surface area contributed by atoms with Crippen LogP contribution in [-0.4, -0.2) is 47.1 Å². The first-order chi connectivity index (χ1) is 12.7. The second kappa shape index (κ2) is 7.25. The van der Waals surface area contributed by atoms with Crippen molar-refractivity contribution in [3.8, 4) is 0 Å². The first-order valence-corrected chi connectivity index (χ1v) is 8.81. The fourth-order valence-corrected chi connectivity index (χ4v) is 3.43. The molecule has 3 aromatic rings. The molecule has 0 N–H and O–H groups in total. The summed E-state index contributed by atoms with van der Waals surface area (Å²) in [6.07, 6.45) is 3.97. The molecule has 0 unspecified atom stereocenters. The van der Waals surface area contributed by atoms with Crippen molar-refractivity contribution in [1.29, 1.82) is 0 Å². The van der Waals surface area contributed by atoms with E-state index in [0.717, 1.165) is 17.3 Å². The van der Waals surface area contributed by atoms with E-state index in [4.69, 9.17) is 9.15 Å². The van der Waals surface area contributed by atoms with E-state index in [1.807, 2.05) is 17.0 Å². The third kappa shape index (κ3) is 3.46. The second-order valence-corrected chi connectivity index (χ2v) is 6.68.